The van der Waals surface area contributed by atoms with Crippen LogP contribution in [-0.4, -0.2) is 17.7 Å². The first-order chi connectivity index (χ1) is 13.9. The predicted octanol–water partition coefficient (Wildman–Crippen LogP) is 3.81. The van der Waals surface area contributed by atoms with Crippen LogP contribution in [0.15, 0.2) is 59.7 Å². The maximum Gasteiger partial charge on any atom is 0.313 e. The molecule has 148 valence electrons. The maximum atomic E-state index is 12.8. The molecule has 1 aliphatic heterocycles. The summed E-state index contributed by atoms with van der Waals surface area (Å²) in [6.45, 7) is -0.0570. The van der Waals surface area contributed by atoms with Crippen LogP contribution in [0.3, 0.4) is 0 Å². The Labute approximate surface area is 182 Å². The van der Waals surface area contributed by atoms with Gasteiger partial charge in [-0.05, 0) is 30.7 Å². The molecule has 0 bridgehead atoms. The Kier molecular flexibility index (Phi) is 5.79. The highest BCUT2D eigenvalue weighted by atomic mass is 35.5. The fraction of sp³-hybridized carbons (Fsp3) is 0.190. The first kappa shape index (κ1) is 20.2. The molecular formula is C21H18Cl2N3O2S+. The Morgan fingerprint density at radius 1 is 1.28 bits per heavy atom. The zero-order valence-electron chi connectivity index (χ0n) is 15.3. The number of pyridine rings is 1. The van der Waals surface area contributed by atoms with Crippen molar-refractivity contribution >= 4 is 46.7 Å². The van der Waals surface area contributed by atoms with Crippen molar-refractivity contribution in [2.75, 3.05) is 0 Å². The maximum absolute atomic E-state index is 12.8. The van der Waals surface area contributed by atoms with Gasteiger partial charge >= 0.3 is 5.91 Å². The molecule has 29 heavy (non-hydrogen) atoms. The lowest BCUT2D eigenvalue weighted by Gasteiger charge is -2.14. The third-order valence-electron chi connectivity index (χ3n) is 4.88. The molecule has 0 saturated carbocycles. The van der Waals surface area contributed by atoms with Gasteiger partial charge in [0.1, 0.15) is 0 Å². The molecule has 1 aliphatic carbocycles. The number of nitrogens with two attached hydrogens (primary N) is 1. The van der Waals surface area contributed by atoms with Gasteiger partial charge in [-0.15, -0.1) is 11.8 Å². The number of hydrogen-bond donors (Lipinski definition) is 2. The van der Waals surface area contributed by atoms with Gasteiger partial charge in [0.2, 0.25) is 12.3 Å². The summed E-state index contributed by atoms with van der Waals surface area (Å²) < 4.78 is 1.59. The molecule has 1 aromatic carbocycles. The number of benzene rings is 1. The summed E-state index contributed by atoms with van der Waals surface area (Å²) in [7, 11) is 0. The topological polar surface area (TPSA) is 76.1 Å². The highest BCUT2D eigenvalue weighted by Crippen LogP contribution is 2.43. The summed E-state index contributed by atoms with van der Waals surface area (Å²) in [6, 6.07) is 8.63. The zero-order valence-corrected chi connectivity index (χ0v) is 17.6. The van der Waals surface area contributed by atoms with Crippen molar-refractivity contribution in [3.05, 3.63) is 86.5 Å². The summed E-state index contributed by atoms with van der Waals surface area (Å²) in [5.41, 5.74) is 7.13. The Balaban J connectivity index is 1.65. The van der Waals surface area contributed by atoms with Crippen LogP contribution in [0.4, 0.5) is 0 Å². The number of thioether (sulfide) groups is 1. The molecule has 2 aromatic rings. The number of carbonyl (C=O) groups is 2. The van der Waals surface area contributed by atoms with Crippen molar-refractivity contribution in [2.24, 2.45) is 5.73 Å². The molecule has 1 saturated heterocycles. The average molecular weight is 447 g/mol. The van der Waals surface area contributed by atoms with Crippen LogP contribution < -0.4 is 15.6 Å². The first-order valence-electron chi connectivity index (χ1n) is 9.04. The number of nitrogens with zero attached hydrogens (tertiary/aromatic N) is 1. The van der Waals surface area contributed by atoms with Gasteiger partial charge in [-0.1, -0.05) is 41.4 Å². The van der Waals surface area contributed by atoms with Crippen LogP contribution in [0.25, 0.3) is 0 Å². The average Bonchev–Trinajstić information content (AvgIpc) is 3.11. The fourth-order valence-electron chi connectivity index (χ4n) is 3.54. The van der Waals surface area contributed by atoms with Crippen LogP contribution in [0.1, 0.15) is 38.2 Å². The molecular weight excluding hydrogens is 429 g/mol. The fourth-order valence-corrected chi connectivity index (χ4v) is 5.36. The van der Waals surface area contributed by atoms with Crippen LogP contribution in [0, 0.1) is 0 Å². The van der Waals surface area contributed by atoms with E-state index in [2.05, 4.69) is 17.5 Å². The standard InChI is InChI=1S/C21H17Cl2N3O2S/c22-12-7-8-13(15(23)10-12)17(27)11-26-9-3-4-14(19(26)20(24)28)21-25-16-5-1-2-6-18(16)29-21/h1-4,6-10,16,21,25H,5,11H2,(H-,24,28)/p+1. The number of ketones is 1. The van der Waals surface area contributed by atoms with E-state index < -0.39 is 5.91 Å². The molecule has 4 rings (SSSR count). The van der Waals surface area contributed by atoms with E-state index in [1.54, 1.807) is 34.7 Å². The molecule has 1 fully saturated rings. The van der Waals surface area contributed by atoms with E-state index in [4.69, 9.17) is 28.9 Å². The monoisotopic (exact) mass is 446 g/mol. The van der Waals surface area contributed by atoms with Gasteiger partial charge in [0.05, 0.1) is 16.0 Å². The molecule has 3 N–H and O–H groups in total. The van der Waals surface area contributed by atoms with Gasteiger partial charge in [-0.2, -0.15) is 4.57 Å². The minimum absolute atomic E-state index is 0.0570. The quantitative estimate of drug-likeness (QED) is 0.540. The molecule has 0 spiro atoms. The number of nitrogens with one attached hydrogen (secondary N) is 1. The number of aromatic nitrogens is 1. The molecule has 2 aliphatic rings. The lowest BCUT2D eigenvalue weighted by molar-refractivity contribution is -0.685. The van der Waals surface area contributed by atoms with Gasteiger partial charge in [-0.25, -0.2) is 0 Å². The second-order valence-corrected chi connectivity index (χ2v) is 8.82. The van der Waals surface area contributed by atoms with Crippen molar-refractivity contribution in [3.8, 4) is 0 Å². The molecule has 8 heteroatoms. The van der Waals surface area contributed by atoms with Crippen LogP contribution in [0.5, 0.6) is 0 Å². The number of primary amides is 1. The Morgan fingerprint density at radius 2 is 2.10 bits per heavy atom. The first-order valence-corrected chi connectivity index (χ1v) is 10.7. The van der Waals surface area contributed by atoms with E-state index in [9.17, 15) is 9.59 Å². The van der Waals surface area contributed by atoms with E-state index in [0.29, 0.717) is 16.3 Å². The largest absolute Gasteiger partial charge is 0.360 e. The summed E-state index contributed by atoms with van der Waals surface area (Å²) >= 11 is 13.7. The van der Waals surface area contributed by atoms with Crippen molar-refractivity contribution in [1.29, 1.82) is 0 Å². The molecule has 5 nitrogen and oxygen atoms in total. The number of halogens is 2. The molecule has 2 unspecified atom stereocenters. The van der Waals surface area contributed by atoms with E-state index >= 15 is 0 Å². The molecule has 2 heterocycles. The van der Waals surface area contributed by atoms with Gasteiger partial charge in [0.25, 0.3) is 5.69 Å². The normalized spacial score (nSPS) is 20.3. The Hall–Kier alpha value is -2.12. The third kappa shape index (κ3) is 4.12. The number of carbonyl (C=O) groups excluding carboxylic acids is 2. The lowest BCUT2D eigenvalue weighted by atomic mass is 10.1. The summed E-state index contributed by atoms with van der Waals surface area (Å²) in [5, 5.41) is 4.15. The molecule has 2 atom stereocenters. The summed E-state index contributed by atoms with van der Waals surface area (Å²) in [5.74, 6) is -0.816. The van der Waals surface area contributed by atoms with E-state index in [0.717, 1.165) is 12.0 Å². The van der Waals surface area contributed by atoms with Crippen molar-refractivity contribution in [1.82, 2.24) is 5.32 Å². The third-order valence-corrected chi connectivity index (χ3v) is 6.75. The number of rotatable bonds is 5. The second-order valence-electron chi connectivity index (χ2n) is 6.80. The van der Waals surface area contributed by atoms with Gasteiger partial charge in [-0.3, -0.25) is 14.9 Å². The van der Waals surface area contributed by atoms with Crippen molar-refractivity contribution < 1.29 is 14.2 Å². The van der Waals surface area contributed by atoms with Crippen molar-refractivity contribution in [3.63, 3.8) is 0 Å². The minimum atomic E-state index is -0.583. The molecule has 0 radical (unpaired) electrons. The predicted molar refractivity (Wildman–Crippen MR) is 115 cm³/mol. The number of fused-ring (bicyclic) bond motifs is 1. The molecule has 1 aromatic heterocycles. The van der Waals surface area contributed by atoms with Crippen LogP contribution >= 0.6 is 35.0 Å². The highest BCUT2D eigenvalue weighted by Gasteiger charge is 2.36. The Bertz CT molecular complexity index is 1070. The summed E-state index contributed by atoms with van der Waals surface area (Å²) in [4.78, 5) is 26.4. The summed E-state index contributed by atoms with van der Waals surface area (Å²) in [6.07, 6.45) is 8.82. The smallest absolute Gasteiger partial charge is 0.313 e. The number of hydrogen-bond acceptors (Lipinski definition) is 4. The van der Waals surface area contributed by atoms with E-state index in [-0.39, 0.29) is 28.8 Å². The van der Waals surface area contributed by atoms with Crippen LogP contribution in [-0.2, 0) is 6.54 Å². The number of allylic oxidation sites excluding steroid dienone is 2. The van der Waals surface area contributed by atoms with Gasteiger partial charge in [0, 0.05) is 27.6 Å². The SMILES string of the molecule is NC(=O)c1c(C2NC3CC=CC=C3S2)ccc[n+]1CC(=O)c1ccc(Cl)cc1Cl. The van der Waals surface area contributed by atoms with E-state index in [1.165, 1.54) is 11.0 Å². The second kappa shape index (κ2) is 8.32. The number of Topliss-reactive ketones (excluding diaryl/α,β-unsaturated/α-hetero) is 1. The van der Waals surface area contributed by atoms with Gasteiger partial charge in [0.15, 0.2) is 6.20 Å². The minimum Gasteiger partial charge on any atom is -0.360 e. The lowest BCUT2D eigenvalue weighted by Crippen LogP contribution is -2.46. The van der Waals surface area contributed by atoms with Gasteiger partial charge < -0.3 is 5.73 Å². The van der Waals surface area contributed by atoms with Crippen molar-refractivity contribution in [2.45, 2.75) is 24.4 Å². The zero-order chi connectivity index (χ0) is 20.5. The highest BCUT2D eigenvalue weighted by molar-refractivity contribution is 8.03. The molecule has 1 amide bonds. The van der Waals surface area contributed by atoms with E-state index in [1.807, 2.05) is 18.2 Å². The van der Waals surface area contributed by atoms with Crippen LogP contribution in [0.2, 0.25) is 10.0 Å². The Morgan fingerprint density at radius 3 is 2.83 bits per heavy atom. The number of amides is 1.